The van der Waals surface area contributed by atoms with Gasteiger partial charge < -0.3 is 14.5 Å². The number of terminal acetylenes is 1. The highest BCUT2D eigenvalue weighted by Crippen LogP contribution is 2.38. The lowest BCUT2D eigenvalue weighted by Crippen LogP contribution is -2.57. The Balaban J connectivity index is 1.49. The van der Waals surface area contributed by atoms with E-state index < -0.39 is 0 Å². The van der Waals surface area contributed by atoms with Crippen LogP contribution in [-0.2, 0) is 9.53 Å². The number of morpholine rings is 1. The van der Waals surface area contributed by atoms with E-state index in [1.54, 1.807) is 0 Å². The zero-order valence-corrected chi connectivity index (χ0v) is 14.0. The van der Waals surface area contributed by atoms with Crippen molar-refractivity contribution in [2.75, 3.05) is 39.8 Å². The number of rotatable bonds is 5. The lowest BCUT2D eigenvalue weighted by molar-refractivity contribution is -0.159. The molecule has 3 aliphatic heterocycles. The summed E-state index contributed by atoms with van der Waals surface area (Å²) >= 11 is 0. The van der Waals surface area contributed by atoms with Gasteiger partial charge in [-0.3, -0.25) is 4.79 Å². The van der Waals surface area contributed by atoms with Crippen molar-refractivity contribution in [2.24, 2.45) is 10.2 Å². The lowest BCUT2D eigenvalue weighted by atomic mass is 9.89. The second-order valence-corrected chi connectivity index (χ2v) is 7.04. The number of hydrogen-bond donors (Lipinski definition) is 0. The maximum atomic E-state index is 12.6. The Morgan fingerprint density at radius 1 is 1.26 bits per heavy atom. The van der Waals surface area contributed by atoms with Crippen LogP contribution in [-0.4, -0.2) is 66.8 Å². The van der Waals surface area contributed by atoms with Gasteiger partial charge >= 0.3 is 0 Å². The average Bonchev–Trinajstić information content (AvgIpc) is 3.34. The molecule has 2 saturated heterocycles. The molecule has 0 radical (unpaired) electrons. The molecule has 0 aliphatic carbocycles. The fourth-order valence-corrected chi connectivity index (χ4v) is 3.52. The molecule has 126 valence electrons. The van der Waals surface area contributed by atoms with E-state index in [1.165, 1.54) is 0 Å². The molecule has 3 heterocycles. The van der Waals surface area contributed by atoms with E-state index in [0.29, 0.717) is 32.4 Å². The molecular formula is C17H26N4O2. The minimum atomic E-state index is -0.362. The second kappa shape index (κ2) is 6.58. The Labute approximate surface area is 138 Å². The molecule has 1 amide bonds. The first-order valence-corrected chi connectivity index (χ1v) is 8.54. The van der Waals surface area contributed by atoms with Crippen LogP contribution in [0, 0.1) is 12.3 Å². The number of carbonyl (C=O) groups excluding carboxylic acids is 1. The van der Waals surface area contributed by atoms with Crippen molar-refractivity contribution in [3.8, 4) is 12.3 Å². The SMILES string of the molecule is C#CCCC1(CCC(=O)N2CCOC3(CCN(C)CC3)C2)N=N1. The number of carbonyl (C=O) groups is 1. The van der Waals surface area contributed by atoms with Gasteiger partial charge in [-0.2, -0.15) is 10.2 Å². The molecule has 3 rings (SSSR count). The molecule has 6 heteroatoms. The van der Waals surface area contributed by atoms with Crippen LogP contribution in [0.25, 0.3) is 0 Å². The third-order valence-corrected chi connectivity index (χ3v) is 5.29. The third kappa shape index (κ3) is 3.91. The Bertz CT molecular complexity index is 511. The summed E-state index contributed by atoms with van der Waals surface area (Å²) < 4.78 is 6.07. The number of amides is 1. The highest BCUT2D eigenvalue weighted by molar-refractivity contribution is 5.76. The molecule has 3 aliphatic rings. The van der Waals surface area contributed by atoms with Gasteiger partial charge in [0.25, 0.3) is 0 Å². The first kappa shape index (κ1) is 16.4. The number of hydrogen-bond acceptors (Lipinski definition) is 5. The van der Waals surface area contributed by atoms with Crippen LogP contribution in [0.1, 0.15) is 38.5 Å². The molecule has 6 nitrogen and oxygen atoms in total. The average molecular weight is 318 g/mol. The molecule has 1 spiro atoms. The smallest absolute Gasteiger partial charge is 0.222 e. The predicted octanol–water partition coefficient (Wildman–Crippen LogP) is 1.67. The topological polar surface area (TPSA) is 57.5 Å². The minimum absolute atomic E-state index is 0.129. The summed E-state index contributed by atoms with van der Waals surface area (Å²) in [6.07, 6.45) is 9.90. The van der Waals surface area contributed by atoms with E-state index in [2.05, 4.69) is 28.1 Å². The fraction of sp³-hybridized carbons (Fsp3) is 0.824. The van der Waals surface area contributed by atoms with Crippen LogP contribution in [0.15, 0.2) is 10.2 Å². The summed E-state index contributed by atoms with van der Waals surface area (Å²) in [5.74, 6) is 2.82. The summed E-state index contributed by atoms with van der Waals surface area (Å²) in [7, 11) is 2.14. The summed E-state index contributed by atoms with van der Waals surface area (Å²) in [6, 6.07) is 0. The first-order valence-electron chi connectivity index (χ1n) is 8.54. The Kier molecular flexibility index (Phi) is 4.69. The lowest BCUT2D eigenvalue weighted by Gasteiger charge is -2.46. The maximum Gasteiger partial charge on any atom is 0.222 e. The van der Waals surface area contributed by atoms with E-state index in [4.69, 9.17) is 11.2 Å². The normalized spacial score (nSPS) is 25.3. The molecule has 2 fully saturated rings. The van der Waals surface area contributed by atoms with Crippen LogP contribution in [0.2, 0.25) is 0 Å². The molecule has 0 unspecified atom stereocenters. The number of ether oxygens (including phenoxy) is 1. The molecular weight excluding hydrogens is 292 g/mol. The van der Waals surface area contributed by atoms with Gasteiger partial charge in [0.2, 0.25) is 5.91 Å². The maximum absolute atomic E-state index is 12.6. The van der Waals surface area contributed by atoms with Gasteiger partial charge in [0.15, 0.2) is 5.66 Å². The van der Waals surface area contributed by atoms with Crippen molar-refractivity contribution in [3.05, 3.63) is 0 Å². The van der Waals surface area contributed by atoms with Gasteiger partial charge in [-0.05, 0) is 19.9 Å². The van der Waals surface area contributed by atoms with Crippen molar-refractivity contribution in [3.63, 3.8) is 0 Å². The summed E-state index contributed by atoms with van der Waals surface area (Å²) in [5, 5.41) is 8.22. The third-order valence-electron chi connectivity index (χ3n) is 5.29. The Morgan fingerprint density at radius 3 is 2.65 bits per heavy atom. The molecule has 0 N–H and O–H groups in total. The predicted molar refractivity (Wildman–Crippen MR) is 86.9 cm³/mol. The highest BCUT2D eigenvalue weighted by Gasteiger charge is 2.42. The van der Waals surface area contributed by atoms with E-state index in [0.717, 1.165) is 38.9 Å². The largest absolute Gasteiger partial charge is 0.371 e. The van der Waals surface area contributed by atoms with Crippen LogP contribution in [0.3, 0.4) is 0 Å². The summed E-state index contributed by atoms with van der Waals surface area (Å²) in [6.45, 7) is 4.14. The van der Waals surface area contributed by atoms with Gasteiger partial charge in [-0.1, -0.05) is 0 Å². The van der Waals surface area contributed by atoms with E-state index in [9.17, 15) is 4.79 Å². The molecule has 0 aromatic rings. The second-order valence-electron chi connectivity index (χ2n) is 7.04. The molecule has 0 bridgehead atoms. The monoisotopic (exact) mass is 318 g/mol. The molecule has 0 aromatic heterocycles. The van der Waals surface area contributed by atoms with Gasteiger partial charge in [0.05, 0.1) is 12.2 Å². The van der Waals surface area contributed by atoms with Gasteiger partial charge in [-0.25, -0.2) is 0 Å². The summed E-state index contributed by atoms with van der Waals surface area (Å²) in [5.41, 5.74) is -0.491. The van der Waals surface area contributed by atoms with Crippen molar-refractivity contribution in [2.45, 2.75) is 49.8 Å². The van der Waals surface area contributed by atoms with Crippen LogP contribution < -0.4 is 0 Å². The number of nitrogens with zero attached hydrogens (tertiary/aromatic N) is 4. The van der Waals surface area contributed by atoms with Crippen LogP contribution >= 0.6 is 0 Å². The van der Waals surface area contributed by atoms with Crippen molar-refractivity contribution in [1.82, 2.24) is 9.80 Å². The van der Waals surface area contributed by atoms with Crippen molar-refractivity contribution >= 4 is 5.91 Å². The van der Waals surface area contributed by atoms with E-state index in [1.807, 2.05) is 4.90 Å². The quantitative estimate of drug-likeness (QED) is 0.725. The molecule has 0 aromatic carbocycles. The first-order chi connectivity index (χ1) is 11.1. The van der Waals surface area contributed by atoms with E-state index >= 15 is 0 Å². The molecule has 23 heavy (non-hydrogen) atoms. The van der Waals surface area contributed by atoms with Crippen LogP contribution in [0.5, 0.6) is 0 Å². The van der Waals surface area contributed by atoms with Gasteiger partial charge in [0, 0.05) is 51.9 Å². The minimum Gasteiger partial charge on any atom is -0.371 e. The standard InChI is InChI=1S/C17H26N4O2/c1-3-4-6-17(18-19-17)7-5-15(22)21-12-13-23-16(14-21)8-10-20(2)11-9-16/h1H,4-14H2,2H3. The Morgan fingerprint density at radius 2 is 2.00 bits per heavy atom. The Hall–Kier alpha value is -1.45. The van der Waals surface area contributed by atoms with E-state index in [-0.39, 0.29) is 17.2 Å². The van der Waals surface area contributed by atoms with Crippen molar-refractivity contribution in [1.29, 1.82) is 0 Å². The molecule has 0 atom stereocenters. The number of piperidine rings is 1. The van der Waals surface area contributed by atoms with Crippen LogP contribution in [0.4, 0.5) is 0 Å². The zero-order chi connectivity index (χ0) is 16.3. The van der Waals surface area contributed by atoms with Gasteiger partial charge in [0.1, 0.15) is 0 Å². The summed E-state index contributed by atoms with van der Waals surface area (Å²) in [4.78, 5) is 16.9. The van der Waals surface area contributed by atoms with Gasteiger partial charge in [-0.15, -0.1) is 12.3 Å². The zero-order valence-electron chi connectivity index (χ0n) is 14.0. The molecule has 0 saturated carbocycles. The number of likely N-dealkylation sites (tertiary alicyclic amines) is 1. The fourth-order valence-electron chi connectivity index (χ4n) is 3.52. The highest BCUT2D eigenvalue weighted by atomic mass is 16.5. The van der Waals surface area contributed by atoms with Crippen molar-refractivity contribution < 1.29 is 9.53 Å².